The first-order chi connectivity index (χ1) is 11.9. The van der Waals surface area contributed by atoms with Gasteiger partial charge in [-0.25, -0.2) is 14.3 Å². The Hall–Kier alpha value is -3.29. The monoisotopic (exact) mass is 339 g/mol. The van der Waals surface area contributed by atoms with E-state index in [9.17, 15) is 9.59 Å². The van der Waals surface area contributed by atoms with E-state index in [4.69, 9.17) is 4.74 Å². The van der Waals surface area contributed by atoms with Gasteiger partial charge >= 0.3 is 5.97 Å². The van der Waals surface area contributed by atoms with Crippen molar-refractivity contribution in [2.75, 3.05) is 5.32 Å². The third kappa shape index (κ3) is 3.63. The lowest BCUT2D eigenvalue weighted by atomic mass is 10.3. The van der Waals surface area contributed by atoms with E-state index in [1.807, 2.05) is 26.0 Å². The second kappa shape index (κ2) is 6.68. The number of nitrogens with one attached hydrogen (secondary N) is 1. The highest BCUT2D eigenvalue weighted by atomic mass is 16.5. The summed E-state index contributed by atoms with van der Waals surface area (Å²) in [7, 11) is 0. The largest absolute Gasteiger partial charge is 0.447 e. The molecule has 0 radical (unpaired) electrons. The van der Waals surface area contributed by atoms with Crippen LogP contribution in [-0.2, 0) is 9.53 Å². The lowest BCUT2D eigenvalue weighted by molar-refractivity contribution is -0.123. The number of aromatic nitrogens is 4. The maximum Gasteiger partial charge on any atom is 0.379 e. The molecule has 0 aliphatic heterocycles. The molecule has 0 saturated carbocycles. The number of benzene rings is 1. The SMILES string of the molecule is Cc1cc(C)n2nc(C(=O)OC(C)C(=O)Nc3ccccc3)nc2n1. The van der Waals surface area contributed by atoms with Gasteiger partial charge in [0.1, 0.15) is 0 Å². The second-order valence-electron chi connectivity index (χ2n) is 5.59. The van der Waals surface area contributed by atoms with Gasteiger partial charge < -0.3 is 10.1 Å². The number of carbonyl (C=O) groups is 2. The van der Waals surface area contributed by atoms with Gasteiger partial charge in [0, 0.05) is 17.1 Å². The van der Waals surface area contributed by atoms with Crippen molar-refractivity contribution in [3.63, 3.8) is 0 Å². The van der Waals surface area contributed by atoms with Crippen molar-refractivity contribution in [1.29, 1.82) is 0 Å². The number of para-hydroxylation sites is 1. The van der Waals surface area contributed by atoms with Crippen LogP contribution in [0, 0.1) is 13.8 Å². The number of rotatable bonds is 4. The summed E-state index contributed by atoms with van der Waals surface area (Å²) >= 11 is 0. The zero-order valence-electron chi connectivity index (χ0n) is 14.1. The van der Waals surface area contributed by atoms with Crippen molar-refractivity contribution in [2.45, 2.75) is 26.9 Å². The Balaban J connectivity index is 1.71. The van der Waals surface area contributed by atoms with Crippen LogP contribution >= 0.6 is 0 Å². The van der Waals surface area contributed by atoms with Crippen LogP contribution in [0.25, 0.3) is 5.78 Å². The minimum absolute atomic E-state index is 0.138. The fourth-order valence-electron chi connectivity index (χ4n) is 2.28. The zero-order valence-corrected chi connectivity index (χ0v) is 14.1. The Kier molecular flexibility index (Phi) is 4.42. The number of carbonyl (C=O) groups excluding carboxylic acids is 2. The first-order valence-corrected chi connectivity index (χ1v) is 7.72. The van der Waals surface area contributed by atoms with Gasteiger partial charge in [0.05, 0.1) is 0 Å². The van der Waals surface area contributed by atoms with Crippen LogP contribution in [0.3, 0.4) is 0 Å². The van der Waals surface area contributed by atoms with Gasteiger partial charge in [0.2, 0.25) is 0 Å². The van der Waals surface area contributed by atoms with Crippen LogP contribution in [-0.4, -0.2) is 37.6 Å². The predicted octanol–water partition coefficient (Wildman–Crippen LogP) is 1.93. The molecule has 0 spiro atoms. The number of esters is 1. The molecular weight excluding hydrogens is 322 g/mol. The summed E-state index contributed by atoms with van der Waals surface area (Å²) in [5, 5.41) is 6.75. The summed E-state index contributed by atoms with van der Waals surface area (Å²) in [5.74, 6) is -1.04. The third-order valence-corrected chi connectivity index (χ3v) is 3.50. The lowest BCUT2D eigenvalue weighted by Crippen LogP contribution is -2.30. The van der Waals surface area contributed by atoms with E-state index in [0.717, 1.165) is 11.4 Å². The summed E-state index contributed by atoms with van der Waals surface area (Å²) < 4.78 is 6.61. The first kappa shape index (κ1) is 16.6. The fourth-order valence-corrected chi connectivity index (χ4v) is 2.28. The highest BCUT2D eigenvalue weighted by Crippen LogP contribution is 2.09. The number of fused-ring (bicyclic) bond motifs is 1. The van der Waals surface area contributed by atoms with E-state index < -0.39 is 18.0 Å². The van der Waals surface area contributed by atoms with Crippen LogP contribution in [0.15, 0.2) is 36.4 Å². The van der Waals surface area contributed by atoms with Crippen molar-refractivity contribution in [2.24, 2.45) is 0 Å². The summed E-state index contributed by atoms with van der Waals surface area (Å²) in [4.78, 5) is 32.6. The average Bonchev–Trinajstić information content (AvgIpc) is 3.00. The van der Waals surface area contributed by atoms with Crippen molar-refractivity contribution >= 4 is 23.3 Å². The Morgan fingerprint density at radius 3 is 2.60 bits per heavy atom. The van der Waals surface area contributed by atoms with Crippen molar-refractivity contribution in [3.8, 4) is 0 Å². The summed E-state index contributed by atoms with van der Waals surface area (Å²) in [5.41, 5.74) is 2.19. The third-order valence-electron chi connectivity index (χ3n) is 3.50. The number of ether oxygens (including phenoxy) is 1. The van der Waals surface area contributed by atoms with Crippen LogP contribution in [0.1, 0.15) is 28.9 Å². The smallest absolute Gasteiger partial charge is 0.379 e. The van der Waals surface area contributed by atoms with Crippen LogP contribution in [0.4, 0.5) is 5.69 Å². The molecule has 0 fully saturated rings. The Bertz CT molecular complexity index is 936. The summed E-state index contributed by atoms with van der Waals surface area (Å²) in [6, 6.07) is 10.7. The zero-order chi connectivity index (χ0) is 18.0. The van der Waals surface area contributed by atoms with Crippen molar-refractivity contribution < 1.29 is 14.3 Å². The van der Waals surface area contributed by atoms with Gasteiger partial charge in [-0.15, -0.1) is 5.10 Å². The maximum absolute atomic E-state index is 12.2. The normalized spacial score (nSPS) is 12.0. The number of anilines is 1. The molecule has 3 rings (SSSR count). The van der Waals surface area contributed by atoms with Gasteiger partial charge in [0.25, 0.3) is 17.5 Å². The molecule has 1 amide bonds. The molecule has 1 N–H and O–H groups in total. The minimum Gasteiger partial charge on any atom is -0.447 e. The van der Waals surface area contributed by atoms with Crippen molar-refractivity contribution in [3.05, 3.63) is 53.6 Å². The van der Waals surface area contributed by atoms with E-state index in [0.29, 0.717) is 11.5 Å². The van der Waals surface area contributed by atoms with E-state index in [2.05, 4.69) is 20.4 Å². The minimum atomic E-state index is -0.991. The van der Waals surface area contributed by atoms with E-state index in [1.54, 1.807) is 24.3 Å². The van der Waals surface area contributed by atoms with Gasteiger partial charge in [-0.3, -0.25) is 4.79 Å². The average molecular weight is 339 g/mol. The molecule has 2 aromatic heterocycles. The molecule has 8 nitrogen and oxygen atoms in total. The predicted molar refractivity (Wildman–Crippen MR) is 90.2 cm³/mol. The topological polar surface area (TPSA) is 98.5 Å². The van der Waals surface area contributed by atoms with Gasteiger partial charge in [0.15, 0.2) is 6.10 Å². The molecule has 0 aliphatic rings. The van der Waals surface area contributed by atoms with E-state index in [1.165, 1.54) is 11.4 Å². The maximum atomic E-state index is 12.2. The van der Waals surface area contributed by atoms with E-state index in [-0.39, 0.29) is 5.82 Å². The molecular formula is C17H17N5O3. The summed E-state index contributed by atoms with van der Waals surface area (Å²) in [6.45, 7) is 5.15. The van der Waals surface area contributed by atoms with Gasteiger partial charge in [-0.2, -0.15) is 4.98 Å². The molecule has 25 heavy (non-hydrogen) atoms. The highest BCUT2D eigenvalue weighted by Gasteiger charge is 2.22. The Labute approximate surface area is 143 Å². The number of hydrogen-bond donors (Lipinski definition) is 1. The molecule has 128 valence electrons. The van der Waals surface area contributed by atoms with Gasteiger partial charge in [-0.1, -0.05) is 18.2 Å². The number of amides is 1. The molecule has 3 aromatic rings. The van der Waals surface area contributed by atoms with Gasteiger partial charge in [-0.05, 0) is 39.0 Å². The lowest BCUT2D eigenvalue weighted by Gasteiger charge is -2.12. The first-order valence-electron chi connectivity index (χ1n) is 7.72. The molecule has 0 aliphatic carbocycles. The number of hydrogen-bond acceptors (Lipinski definition) is 6. The van der Waals surface area contributed by atoms with Crippen molar-refractivity contribution in [1.82, 2.24) is 19.6 Å². The van der Waals surface area contributed by atoms with Crippen LogP contribution < -0.4 is 5.32 Å². The Morgan fingerprint density at radius 2 is 1.88 bits per heavy atom. The summed E-state index contributed by atoms with van der Waals surface area (Å²) in [6.07, 6.45) is -0.991. The molecule has 0 saturated heterocycles. The second-order valence-corrected chi connectivity index (χ2v) is 5.59. The number of nitrogens with zero attached hydrogens (tertiary/aromatic N) is 4. The van der Waals surface area contributed by atoms with Crippen LogP contribution in [0.5, 0.6) is 0 Å². The quantitative estimate of drug-likeness (QED) is 0.729. The number of aryl methyl sites for hydroxylation is 2. The molecule has 1 atom stereocenters. The standard InChI is InChI=1S/C17H17N5O3/c1-10-9-11(2)22-17(18-10)20-14(21-22)16(24)25-12(3)15(23)19-13-7-5-4-6-8-13/h4-9,12H,1-3H3,(H,19,23). The molecule has 1 aromatic carbocycles. The van der Waals surface area contributed by atoms with Crippen LogP contribution in [0.2, 0.25) is 0 Å². The molecule has 0 bridgehead atoms. The molecule has 8 heteroatoms. The Morgan fingerprint density at radius 1 is 1.16 bits per heavy atom. The van der Waals surface area contributed by atoms with E-state index >= 15 is 0 Å². The fraction of sp³-hybridized carbons (Fsp3) is 0.235. The highest BCUT2D eigenvalue weighted by molar-refractivity contribution is 5.96. The molecule has 1 unspecified atom stereocenters. The molecule has 2 heterocycles.